The first-order valence-electron chi connectivity index (χ1n) is 13.1. The molecule has 1 aromatic heterocycles. The lowest BCUT2D eigenvalue weighted by Gasteiger charge is -2.52. The molecule has 8 nitrogen and oxygen atoms in total. The van der Waals surface area contributed by atoms with Crippen molar-refractivity contribution in [2.75, 3.05) is 26.7 Å². The monoisotopic (exact) mass is 511 g/mol. The van der Waals surface area contributed by atoms with Gasteiger partial charge in [-0.3, -0.25) is 9.88 Å². The molecule has 1 spiro atoms. The number of aliphatic hydroxyl groups is 1. The number of pyridine rings is 1. The van der Waals surface area contributed by atoms with Crippen LogP contribution < -0.4 is 4.74 Å². The maximum Gasteiger partial charge on any atom is 0.410 e. The second-order valence-electron chi connectivity index (χ2n) is 11.7. The van der Waals surface area contributed by atoms with Crippen molar-refractivity contribution in [3.05, 3.63) is 59.9 Å². The number of carbonyl (C=O) groups excluding carboxylic acids is 1. The molecule has 8 heteroatoms. The summed E-state index contributed by atoms with van der Waals surface area (Å²) in [5.74, 6) is 0.829. The highest BCUT2D eigenvalue weighted by molar-refractivity contribution is 5.68. The average Bonchev–Trinajstić information content (AvgIpc) is 2.86. The van der Waals surface area contributed by atoms with Crippen molar-refractivity contribution in [3.8, 4) is 5.75 Å². The van der Waals surface area contributed by atoms with Gasteiger partial charge in [0.05, 0.1) is 23.9 Å². The molecule has 1 aromatic carbocycles. The van der Waals surface area contributed by atoms with Crippen LogP contribution in [0.15, 0.2) is 48.7 Å². The topological polar surface area (TPSA) is 84.4 Å². The van der Waals surface area contributed by atoms with E-state index < -0.39 is 17.3 Å². The van der Waals surface area contributed by atoms with Gasteiger partial charge < -0.3 is 24.2 Å². The first-order chi connectivity index (χ1) is 17.4. The van der Waals surface area contributed by atoms with Crippen molar-refractivity contribution >= 4 is 6.09 Å². The molecular weight excluding hydrogens is 470 g/mol. The van der Waals surface area contributed by atoms with Gasteiger partial charge in [-0.2, -0.15) is 0 Å². The summed E-state index contributed by atoms with van der Waals surface area (Å²) in [5.41, 5.74) is 0.0718. The lowest BCUT2D eigenvalue weighted by molar-refractivity contribution is -0.206. The Balaban J connectivity index is 1.30. The number of likely N-dealkylation sites (N-methyl/N-ethyl adjacent to an activating group) is 1. The SMILES string of the molecule is CN(C(=O)OC(C)(C)C)[C@H]1CC2(CCN(Cc3ccc(OCc4ccccn4)cc3)CC2)OC[C@]1(C)O. The number of amides is 1. The van der Waals surface area contributed by atoms with Gasteiger partial charge in [-0.05, 0) is 76.8 Å². The molecule has 0 unspecified atom stereocenters. The Morgan fingerprint density at radius 2 is 1.89 bits per heavy atom. The number of rotatable bonds is 6. The number of piperidine rings is 1. The van der Waals surface area contributed by atoms with Crippen molar-refractivity contribution in [3.63, 3.8) is 0 Å². The number of nitrogens with zero attached hydrogens (tertiary/aromatic N) is 3. The van der Waals surface area contributed by atoms with Crippen LogP contribution in [0.2, 0.25) is 0 Å². The fourth-order valence-electron chi connectivity index (χ4n) is 5.10. The molecule has 1 amide bonds. The van der Waals surface area contributed by atoms with Crippen LogP contribution in [0.1, 0.15) is 58.2 Å². The first-order valence-corrected chi connectivity index (χ1v) is 13.1. The van der Waals surface area contributed by atoms with Crippen LogP contribution in [0.5, 0.6) is 5.75 Å². The van der Waals surface area contributed by atoms with E-state index in [1.165, 1.54) is 5.56 Å². The van der Waals surface area contributed by atoms with Crippen LogP contribution in [0.3, 0.4) is 0 Å². The lowest BCUT2D eigenvalue weighted by Crippen LogP contribution is -2.64. The highest BCUT2D eigenvalue weighted by Crippen LogP contribution is 2.40. The van der Waals surface area contributed by atoms with E-state index in [-0.39, 0.29) is 18.2 Å². The third-order valence-electron chi connectivity index (χ3n) is 7.31. The van der Waals surface area contributed by atoms with Crippen LogP contribution in [0.4, 0.5) is 4.79 Å². The average molecular weight is 512 g/mol. The highest BCUT2D eigenvalue weighted by Gasteiger charge is 2.51. The first kappa shape index (κ1) is 27.4. The van der Waals surface area contributed by atoms with E-state index in [4.69, 9.17) is 14.2 Å². The fraction of sp³-hybridized carbons (Fsp3) is 0.586. The van der Waals surface area contributed by atoms with Crippen molar-refractivity contribution in [1.82, 2.24) is 14.8 Å². The number of carbonyl (C=O) groups is 1. The molecule has 0 aliphatic carbocycles. The van der Waals surface area contributed by atoms with Gasteiger partial charge in [-0.1, -0.05) is 18.2 Å². The van der Waals surface area contributed by atoms with E-state index in [1.807, 2.05) is 51.1 Å². The Hall–Kier alpha value is -2.68. The molecule has 0 radical (unpaired) electrons. The minimum atomic E-state index is -1.13. The molecule has 37 heavy (non-hydrogen) atoms. The summed E-state index contributed by atoms with van der Waals surface area (Å²) >= 11 is 0. The van der Waals surface area contributed by atoms with Crippen LogP contribution in [-0.4, -0.2) is 75.6 Å². The van der Waals surface area contributed by atoms with E-state index in [0.29, 0.717) is 13.0 Å². The fourth-order valence-corrected chi connectivity index (χ4v) is 5.10. The van der Waals surface area contributed by atoms with Crippen molar-refractivity contribution < 1.29 is 24.1 Å². The van der Waals surface area contributed by atoms with Gasteiger partial charge in [-0.15, -0.1) is 0 Å². The highest BCUT2D eigenvalue weighted by atomic mass is 16.6. The van der Waals surface area contributed by atoms with E-state index in [9.17, 15) is 9.90 Å². The molecule has 4 rings (SSSR count). The summed E-state index contributed by atoms with van der Waals surface area (Å²) in [6, 6.07) is 13.7. The van der Waals surface area contributed by atoms with Gasteiger partial charge >= 0.3 is 6.09 Å². The molecule has 1 N–H and O–H groups in total. The molecule has 0 saturated carbocycles. The number of likely N-dealkylation sites (tertiary alicyclic amines) is 1. The minimum absolute atomic E-state index is 0.199. The van der Waals surface area contributed by atoms with Crippen LogP contribution >= 0.6 is 0 Å². The van der Waals surface area contributed by atoms with Gasteiger partial charge in [0.2, 0.25) is 0 Å². The normalized spacial score (nSPS) is 24.0. The third-order valence-corrected chi connectivity index (χ3v) is 7.31. The number of hydrogen-bond donors (Lipinski definition) is 1. The van der Waals surface area contributed by atoms with Crippen molar-refractivity contribution in [2.24, 2.45) is 0 Å². The van der Waals surface area contributed by atoms with E-state index >= 15 is 0 Å². The summed E-state index contributed by atoms with van der Waals surface area (Å²) < 4.78 is 17.7. The zero-order valence-electron chi connectivity index (χ0n) is 22.8. The predicted molar refractivity (Wildman–Crippen MR) is 141 cm³/mol. The Labute approximate surface area is 220 Å². The Bertz CT molecular complexity index is 1030. The van der Waals surface area contributed by atoms with Gasteiger partial charge in [0.1, 0.15) is 23.6 Å². The smallest absolute Gasteiger partial charge is 0.410 e. The lowest BCUT2D eigenvalue weighted by atomic mass is 9.77. The van der Waals surface area contributed by atoms with E-state index in [2.05, 4.69) is 22.0 Å². The van der Waals surface area contributed by atoms with Gasteiger partial charge in [0, 0.05) is 32.9 Å². The Kier molecular flexibility index (Phi) is 8.11. The van der Waals surface area contributed by atoms with E-state index in [0.717, 1.165) is 43.9 Å². The number of benzene rings is 1. The Morgan fingerprint density at radius 3 is 2.51 bits per heavy atom. The van der Waals surface area contributed by atoms with Crippen LogP contribution in [-0.2, 0) is 22.6 Å². The van der Waals surface area contributed by atoms with Gasteiger partial charge in [-0.25, -0.2) is 4.79 Å². The maximum atomic E-state index is 12.7. The zero-order valence-corrected chi connectivity index (χ0v) is 22.8. The van der Waals surface area contributed by atoms with Crippen LogP contribution in [0.25, 0.3) is 0 Å². The number of hydrogen-bond acceptors (Lipinski definition) is 7. The largest absolute Gasteiger partial charge is 0.487 e. The predicted octanol–water partition coefficient (Wildman–Crippen LogP) is 4.40. The molecule has 3 heterocycles. The molecule has 202 valence electrons. The molecular formula is C29H41N3O5. The maximum absolute atomic E-state index is 12.7. The minimum Gasteiger partial charge on any atom is -0.487 e. The second kappa shape index (κ2) is 11.0. The van der Waals surface area contributed by atoms with Gasteiger partial charge in [0.15, 0.2) is 0 Å². The summed E-state index contributed by atoms with van der Waals surface area (Å²) in [4.78, 5) is 21.0. The summed E-state index contributed by atoms with van der Waals surface area (Å²) in [5, 5.41) is 11.0. The van der Waals surface area contributed by atoms with E-state index in [1.54, 1.807) is 25.1 Å². The molecule has 2 saturated heterocycles. The molecule has 0 bridgehead atoms. The quantitative estimate of drug-likeness (QED) is 0.615. The Morgan fingerprint density at radius 1 is 1.19 bits per heavy atom. The van der Waals surface area contributed by atoms with Gasteiger partial charge in [0.25, 0.3) is 0 Å². The summed E-state index contributed by atoms with van der Waals surface area (Å²) in [6.07, 6.45) is 3.65. The molecule has 2 aliphatic heterocycles. The molecule has 2 atom stereocenters. The summed E-state index contributed by atoms with van der Waals surface area (Å²) in [6.45, 7) is 10.6. The van der Waals surface area contributed by atoms with Crippen LogP contribution in [0, 0.1) is 0 Å². The zero-order chi connectivity index (χ0) is 26.7. The standard InChI is InChI=1S/C29H41N3O5/c1-27(2,3)37-26(33)31(5)25-18-29(36-21-28(25,4)34)13-16-32(17-14-29)19-22-9-11-24(12-10-22)35-20-23-8-6-7-15-30-23/h6-12,15,25,34H,13-14,16-21H2,1-5H3/t25-,28-/m0/s1. The van der Waals surface area contributed by atoms with Crippen molar-refractivity contribution in [2.45, 2.75) is 83.0 Å². The second-order valence-corrected chi connectivity index (χ2v) is 11.7. The van der Waals surface area contributed by atoms with Crippen molar-refractivity contribution in [1.29, 1.82) is 0 Å². The molecule has 2 aliphatic rings. The number of aromatic nitrogens is 1. The number of ether oxygens (including phenoxy) is 3. The molecule has 2 fully saturated rings. The summed E-state index contributed by atoms with van der Waals surface area (Å²) in [7, 11) is 1.71. The third kappa shape index (κ3) is 7.21. The molecule has 2 aromatic rings.